The van der Waals surface area contributed by atoms with Gasteiger partial charge in [-0.25, -0.2) is 19.6 Å². The number of benzene rings is 1. The Hall–Kier alpha value is -3.34. The van der Waals surface area contributed by atoms with Gasteiger partial charge in [-0.2, -0.15) is 0 Å². The van der Waals surface area contributed by atoms with E-state index < -0.39 is 25.6 Å². The number of fused-ring (bicyclic) bond motifs is 1. The van der Waals surface area contributed by atoms with Crippen LogP contribution in [0.1, 0.15) is 33.3 Å². The standard InChI is InChI=1S/C22H30N7O5P/c1-15(2)27-34-35(32,29(17(4)22(30)31)11-18-8-6-5-7-9-18)14-33-16(3)10-28-13-26-19-20(23)24-12-25-21(19)28/h5-9,12-13,16-17H,10-11,14H2,1-4H3,(H,30,31)(H2,23,24,25)/t16-,17-,35?/m0/s1. The Morgan fingerprint density at radius 1 is 1.23 bits per heavy atom. The molecule has 0 amide bonds. The van der Waals surface area contributed by atoms with Crippen molar-refractivity contribution in [3.63, 3.8) is 0 Å². The molecule has 1 aromatic carbocycles. The lowest BCUT2D eigenvalue weighted by Gasteiger charge is -2.32. The van der Waals surface area contributed by atoms with Gasteiger partial charge in [0.15, 0.2) is 11.5 Å². The Bertz CT molecular complexity index is 1230. The van der Waals surface area contributed by atoms with Crippen molar-refractivity contribution in [3.05, 3.63) is 48.5 Å². The number of nitrogens with two attached hydrogens (primary N) is 1. The van der Waals surface area contributed by atoms with Crippen LogP contribution in [0, 0.1) is 0 Å². The molecule has 0 saturated heterocycles. The molecule has 0 saturated carbocycles. The zero-order valence-corrected chi connectivity index (χ0v) is 21.0. The van der Waals surface area contributed by atoms with Crippen LogP contribution in [0.5, 0.6) is 0 Å². The molecule has 3 N–H and O–H groups in total. The summed E-state index contributed by atoms with van der Waals surface area (Å²) >= 11 is 0. The van der Waals surface area contributed by atoms with Crippen LogP contribution in [0.3, 0.4) is 0 Å². The Balaban J connectivity index is 1.83. The zero-order chi connectivity index (χ0) is 25.6. The molecule has 3 aromatic rings. The number of anilines is 1. The molecule has 0 aliphatic carbocycles. The molecule has 1 unspecified atom stereocenters. The average Bonchev–Trinajstić information content (AvgIpc) is 3.24. The van der Waals surface area contributed by atoms with Crippen LogP contribution in [0.25, 0.3) is 11.2 Å². The Morgan fingerprint density at radius 3 is 2.60 bits per heavy atom. The third kappa shape index (κ3) is 6.62. The van der Waals surface area contributed by atoms with E-state index in [9.17, 15) is 14.5 Å². The fraction of sp³-hybridized carbons (Fsp3) is 0.409. The van der Waals surface area contributed by atoms with Crippen LogP contribution >= 0.6 is 7.52 Å². The van der Waals surface area contributed by atoms with Crippen molar-refractivity contribution in [1.29, 1.82) is 0 Å². The fourth-order valence-electron chi connectivity index (χ4n) is 3.28. The van der Waals surface area contributed by atoms with E-state index in [0.717, 1.165) is 5.56 Å². The number of aliphatic carboxylic acids is 1. The van der Waals surface area contributed by atoms with Gasteiger partial charge in [0.25, 0.3) is 0 Å². The maximum absolute atomic E-state index is 14.1. The minimum atomic E-state index is -3.89. The van der Waals surface area contributed by atoms with Crippen molar-refractivity contribution in [3.8, 4) is 0 Å². The minimum Gasteiger partial charge on any atom is -0.480 e. The predicted molar refractivity (Wildman–Crippen MR) is 132 cm³/mol. The van der Waals surface area contributed by atoms with Crippen LogP contribution in [0.4, 0.5) is 5.82 Å². The molecular formula is C22H30N7O5P. The van der Waals surface area contributed by atoms with Crippen molar-refractivity contribution in [2.45, 2.75) is 52.9 Å². The van der Waals surface area contributed by atoms with Gasteiger partial charge in [0.05, 0.1) is 24.7 Å². The number of hydrogen-bond donors (Lipinski definition) is 2. The van der Waals surface area contributed by atoms with Gasteiger partial charge in [0.2, 0.25) is 0 Å². The van der Waals surface area contributed by atoms with Crippen LogP contribution < -0.4 is 5.73 Å². The number of nitrogens with zero attached hydrogens (tertiary/aromatic N) is 6. The second kappa shape index (κ2) is 11.4. The second-order valence-corrected chi connectivity index (χ2v) is 10.5. The number of hydrogen-bond acceptors (Lipinski definition) is 9. The van der Waals surface area contributed by atoms with Gasteiger partial charge in [0, 0.05) is 6.54 Å². The van der Waals surface area contributed by atoms with Crippen LogP contribution in [-0.4, -0.2) is 59.5 Å². The Labute approximate surface area is 203 Å². The van der Waals surface area contributed by atoms with Crippen molar-refractivity contribution >= 4 is 36.2 Å². The molecule has 2 heterocycles. The number of carbonyl (C=O) groups is 1. The number of ether oxygens (including phenoxy) is 1. The highest BCUT2D eigenvalue weighted by atomic mass is 31.2. The summed E-state index contributed by atoms with van der Waals surface area (Å²) in [5.41, 5.74) is 8.17. The molecule has 2 aromatic heterocycles. The molecule has 13 heteroatoms. The van der Waals surface area contributed by atoms with Crippen molar-refractivity contribution < 1.29 is 23.8 Å². The van der Waals surface area contributed by atoms with Crippen LogP contribution in [0.15, 0.2) is 48.1 Å². The lowest BCUT2D eigenvalue weighted by Crippen LogP contribution is -2.37. The summed E-state index contributed by atoms with van der Waals surface area (Å²) in [5, 5.41) is 13.6. The van der Waals surface area contributed by atoms with Crippen molar-refractivity contribution in [2.75, 3.05) is 12.1 Å². The quantitative estimate of drug-likeness (QED) is 0.213. The zero-order valence-electron chi connectivity index (χ0n) is 20.1. The van der Waals surface area contributed by atoms with E-state index in [1.165, 1.54) is 17.9 Å². The van der Waals surface area contributed by atoms with E-state index in [2.05, 4.69) is 20.1 Å². The lowest BCUT2D eigenvalue weighted by atomic mass is 10.2. The fourth-order valence-corrected chi connectivity index (χ4v) is 5.31. The van der Waals surface area contributed by atoms with Gasteiger partial charge < -0.3 is 24.8 Å². The average molecular weight is 504 g/mol. The third-order valence-electron chi connectivity index (χ3n) is 5.14. The lowest BCUT2D eigenvalue weighted by molar-refractivity contribution is -0.141. The number of oxime groups is 1. The summed E-state index contributed by atoms with van der Waals surface area (Å²) in [6.07, 6.45) is 2.10. The van der Waals surface area contributed by atoms with Crippen LogP contribution in [0.2, 0.25) is 0 Å². The van der Waals surface area contributed by atoms with E-state index >= 15 is 0 Å². The van der Waals surface area contributed by atoms with E-state index in [4.69, 9.17) is 15.1 Å². The summed E-state index contributed by atoms with van der Waals surface area (Å²) in [6.45, 7) is 7.02. The maximum Gasteiger partial charge on any atom is 0.367 e. The first-order chi connectivity index (χ1) is 16.6. The van der Waals surface area contributed by atoms with Gasteiger partial charge in [-0.05, 0) is 33.3 Å². The van der Waals surface area contributed by atoms with Crippen molar-refractivity contribution in [2.24, 2.45) is 5.16 Å². The van der Waals surface area contributed by atoms with E-state index in [1.807, 2.05) is 30.3 Å². The molecule has 3 atom stereocenters. The first-order valence-electron chi connectivity index (χ1n) is 11.0. The molecule has 35 heavy (non-hydrogen) atoms. The molecule has 0 aliphatic rings. The maximum atomic E-state index is 14.1. The first kappa shape index (κ1) is 26.3. The third-order valence-corrected chi connectivity index (χ3v) is 7.22. The van der Waals surface area contributed by atoms with Gasteiger partial charge in [-0.1, -0.05) is 35.5 Å². The highest BCUT2D eigenvalue weighted by Crippen LogP contribution is 2.53. The minimum absolute atomic E-state index is 0.0734. The first-order valence-corrected chi connectivity index (χ1v) is 12.7. The summed E-state index contributed by atoms with van der Waals surface area (Å²) in [5.74, 6) is -0.871. The van der Waals surface area contributed by atoms with Gasteiger partial charge >= 0.3 is 13.5 Å². The van der Waals surface area contributed by atoms with E-state index in [-0.39, 0.29) is 18.7 Å². The van der Waals surface area contributed by atoms with Crippen molar-refractivity contribution in [1.82, 2.24) is 24.2 Å². The topological polar surface area (TPSA) is 158 Å². The smallest absolute Gasteiger partial charge is 0.367 e. The molecule has 0 spiro atoms. The molecule has 188 valence electrons. The molecule has 3 rings (SSSR count). The molecular weight excluding hydrogens is 473 g/mol. The van der Waals surface area contributed by atoms with Crippen LogP contribution in [-0.2, 0) is 31.8 Å². The number of aromatic nitrogens is 4. The highest BCUT2D eigenvalue weighted by Gasteiger charge is 2.40. The SMILES string of the molecule is CC(C)=NOP(=O)(CO[C@@H](C)Cn1cnc2c(N)ncnc21)N(Cc1ccccc1)[C@@H](C)C(=O)O. The summed E-state index contributed by atoms with van der Waals surface area (Å²) in [7, 11) is -3.89. The monoisotopic (exact) mass is 503 g/mol. The molecule has 0 radical (unpaired) electrons. The van der Waals surface area contributed by atoms with Gasteiger partial charge in [0.1, 0.15) is 24.2 Å². The Kier molecular flexibility index (Phi) is 8.55. The summed E-state index contributed by atoms with van der Waals surface area (Å²) < 4.78 is 28.5. The second-order valence-electron chi connectivity index (χ2n) is 8.29. The molecule has 0 aliphatic heterocycles. The van der Waals surface area contributed by atoms with E-state index in [0.29, 0.717) is 23.4 Å². The normalized spacial score (nSPS) is 14.9. The number of nitrogen functional groups attached to an aromatic ring is 1. The number of imidazole rings is 1. The summed E-state index contributed by atoms with van der Waals surface area (Å²) in [4.78, 5) is 24.3. The number of rotatable bonds is 12. The summed E-state index contributed by atoms with van der Waals surface area (Å²) in [6, 6.07) is 8.01. The highest BCUT2D eigenvalue weighted by molar-refractivity contribution is 7.56. The largest absolute Gasteiger partial charge is 0.480 e. The number of carboxylic acids is 1. The molecule has 12 nitrogen and oxygen atoms in total. The molecule has 0 bridgehead atoms. The van der Waals surface area contributed by atoms with Gasteiger partial charge in [-0.15, -0.1) is 0 Å². The predicted octanol–water partition coefficient (Wildman–Crippen LogP) is 3.35. The van der Waals surface area contributed by atoms with E-state index in [1.54, 1.807) is 31.7 Å². The molecule has 0 fully saturated rings. The Morgan fingerprint density at radius 2 is 1.94 bits per heavy atom. The van der Waals surface area contributed by atoms with Gasteiger partial charge in [-0.3, -0.25) is 9.36 Å². The number of carboxylic acid groups (broad SMARTS) is 1.